The van der Waals surface area contributed by atoms with Crippen molar-refractivity contribution in [1.29, 1.82) is 0 Å². The number of hydrogen-bond donors (Lipinski definition) is 2. The summed E-state index contributed by atoms with van der Waals surface area (Å²) in [6.07, 6.45) is 3.34. The number of anilines is 1. The van der Waals surface area contributed by atoms with Crippen LogP contribution in [0.25, 0.3) is 0 Å². The molecule has 2 rings (SSSR count). The van der Waals surface area contributed by atoms with E-state index in [0.29, 0.717) is 25.2 Å². The fraction of sp³-hybridized carbons (Fsp3) is 0.571. The maximum Gasteiger partial charge on any atom is 0.256 e. The maximum atomic E-state index is 12.6. The van der Waals surface area contributed by atoms with E-state index in [-0.39, 0.29) is 12.5 Å². The molecule has 2 N–H and O–H groups in total. The highest BCUT2D eigenvalue weighted by Crippen LogP contribution is 2.16. The van der Waals surface area contributed by atoms with Crippen molar-refractivity contribution in [3.05, 3.63) is 24.0 Å². The van der Waals surface area contributed by atoms with Gasteiger partial charge < -0.3 is 15.3 Å². The van der Waals surface area contributed by atoms with Crippen LogP contribution in [0.2, 0.25) is 0 Å². The molecule has 110 valence electrons. The summed E-state index contributed by atoms with van der Waals surface area (Å²) >= 11 is 0. The van der Waals surface area contributed by atoms with Gasteiger partial charge in [-0.2, -0.15) is 0 Å². The molecule has 0 spiro atoms. The number of hydrogen-bond acceptors (Lipinski definition) is 5. The standard InChI is InChI=1S/C14H22N4O2/c1-2-16-13-11-15-4-3-12(13)14(20)18-7-5-17(6-8-18)9-10-19/h3-4,11,16,19H,2,5-10H2,1H3. The van der Waals surface area contributed by atoms with Crippen molar-refractivity contribution in [3.8, 4) is 0 Å². The highest BCUT2D eigenvalue weighted by molar-refractivity contribution is 5.99. The Bertz CT molecular complexity index is 445. The Morgan fingerprint density at radius 2 is 2.15 bits per heavy atom. The van der Waals surface area contributed by atoms with Crippen molar-refractivity contribution < 1.29 is 9.90 Å². The van der Waals surface area contributed by atoms with Gasteiger partial charge in [0.15, 0.2) is 0 Å². The molecule has 0 radical (unpaired) electrons. The number of piperazine rings is 1. The van der Waals surface area contributed by atoms with Gasteiger partial charge >= 0.3 is 0 Å². The number of carbonyl (C=O) groups is 1. The van der Waals surface area contributed by atoms with Gasteiger partial charge in [0.1, 0.15) is 0 Å². The maximum absolute atomic E-state index is 12.6. The van der Waals surface area contributed by atoms with E-state index in [2.05, 4.69) is 15.2 Å². The van der Waals surface area contributed by atoms with Crippen LogP contribution in [0.15, 0.2) is 18.5 Å². The predicted molar refractivity (Wildman–Crippen MR) is 77.8 cm³/mol. The molecule has 1 amide bonds. The van der Waals surface area contributed by atoms with Crippen molar-refractivity contribution in [2.45, 2.75) is 6.92 Å². The molecule has 0 aromatic carbocycles. The topological polar surface area (TPSA) is 68.7 Å². The van der Waals surface area contributed by atoms with Crippen LogP contribution >= 0.6 is 0 Å². The highest BCUT2D eigenvalue weighted by Gasteiger charge is 2.23. The second-order valence-corrected chi connectivity index (χ2v) is 4.81. The van der Waals surface area contributed by atoms with Gasteiger partial charge in [-0.25, -0.2) is 0 Å². The molecule has 0 aliphatic carbocycles. The Morgan fingerprint density at radius 1 is 1.40 bits per heavy atom. The molecule has 0 bridgehead atoms. The van der Waals surface area contributed by atoms with E-state index in [1.165, 1.54) is 0 Å². The number of carbonyl (C=O) groups excluding carboxylic acids is 1. The van der Waals surface area contributed by atoms with Crippen molar-refractivity contribution in [3.63, 3.8) is 0 Å². The van der Waals surface area contributed by atoms with Gasteiger partial charge in [0.2, 0.25) is 0 Å². The van der Waals surface area contributed by atoms with Crippen LogP contribution in [0.1, 0.15) is 17.3 Å². The lowest BCUT2D eigenvalue weighted by atomic mass is 10.1. The monoisotopic (exact) mass is 278 g/mol. The van der Waals surface area contributed by atoms with E-state index in [4.69, 9.17) is 5.11 Å². The summed E-state index contributed by atoms with van der Waals surface area (Å²) in [6, 6.07) is 1.76. The quantitative estimate of drug-likeness (QED) is 0.809. The minimum atomic E-state index is 0.0481. The molecular formula is C14H22N4O2. The number of pyridine rings is 1. The highest BCUT2D eigenvalue weighted by atomic mass is 16.3. The third-order valence-corrected chi connectivity index (χ3v) is 3.49. The lowest BCUT2D eigenvalue weighted by Crippen LogP contribution is -2.49. The summed E-state index contributed by atoms with van der Waals surface area (Å²) in [5.74, 6) is 0.0481. The van der Waals surface area contributed by atoms with Crippen molar-refractivity contribution in [2.24, 2.45) is 0 Å². The number of aliphatic hydroxyl groups excluding tert-OH is 1. The van der Waals surface area contributed by atoms with Crippen LogP contribution in [0.4, 0.5) is 5.69 Å². The second kappa shape index (κ2) is 7.21. The zero-order chi connectivity index (χ0) is 14.4. The number of aliphatic hydroxyl groups is 1. The fourth-order valence-electron chi connectivity index (χ4n) is 2.40. The average Bonchev–Trinajstić information content (AvgIpc) is 2.49. The van der Waals surface area contributed by atoms with Crippen LogP contribution in [-0.2, 0) is 0 Å². The summed E-state index contributed by atoms with van der Waals surface area (Å²) in [4.78, 5) is 20.6. The van der Waals surface area contributed by atoms with E-state index >= 15 is 0 Å². The largest absolute Gasteiger partial charge is 0.395 e. The fourth-order valence-corrected chi connectivity index (χ4v) is 2.40. The van der Waals surface area contributed by atoms with E-state index in [1.54, 1.807) is 18.5 Å². The molecular weight excluding hydrogens is 256 g/mol. The molecule has 2 heterocycles. The van der Waals surface area contributed by atoms with Gasteiger partial charge in [-0.3, -0.25) is 14.7 Å². The number of nitrogens with one attached hydrogen (secondary N) is 1. The number of rotatable bonds is 5. The molecule has 6 heteroatoms. The van der Waals surface area contributed by atoms with Crippen LogP contribution in [0.3, 0.4) is 0 Å². The first-order valence-electron chi connectivity index (χ1n) is 7.06. The Kier molecular flexibility index (Phi) is 5.31. The molecule has 1 aromatic heterocycles. The Morgan fingerprint density at radius 3 is 2.80 bits per heavy atom. The summed E-state index contributed by atoms with van der Waals surface area (Å²) in [5, 5.41) is 12.1. The SMILES string of the molecule is CCNc1cnccc1C(=O)N1CCN(CCO)CC1. The number of aromatic nitrogens is 1. The van der Waals surface area contributed by atoms with Crippen LogP contribution in [0.5, 0.6) is 0 Å². The lowest BCUT2D eigenvalue weighted by molar-refractivity contribution is 0.0616. The average molecular weight is 278 g/mol. The normalized spacial score (nSPS) is 16.2. The zero-order valence-electron chi connectivity index (χ0n) is 11.9. The van der Waals surface area contributed by atoms with E-state index in [1.807, 2.05) is 11.8 Å². The Hall–Kier alpha value is -1.66. The molecule has 1 saturated heterocycles. The molecule has 0 unspecified atom stereocenters. The molecule has 1 fully saturated rings. The first-order chi connectivity index (χ1) is 9.76. The third kappa shape index (κ3) is 3.46. The molecule has 20 heavy (non-hydrogen) atoms. The van der Waals surface area contributed by atoms with Crippen molar-refractivity contribution in [1.82, 2.24) is 14.8 Å². The molecule has 1 aromatic rings. The molecule has 6 nitrogen and oxygen atoms in total. The van der Waals surface area contributed by atoms with Crippen molar-refractivity contribution >= 4 is 11.6 Å². The summed E-state index contributed by atoms with van der Waals surface area (Å²) in [6.45, 7) is 6.63. The molecule has 0 saturated carbocycles. The van der Waals surface area contributed by atoms with Crippen LogP contribution in [0, 0.1) is 0 Å². The minimum Gasteiger partial charge on any atom is -0.395 e. The van der Waals surface area contributed by atoms with E-state index < -0.39 is 0 Å². The number of amides is 1. The molecule has 1 aliphatic rings. The first-order valence-corrected chi connectivity index (χ1v) is 7.06. The van der Waals surface area contributed by atoms with Gasteiger partial charge in [-0.15, -0.1) is 0 Å². The van der Waals surface area contributed by atoms with Gasteiger partial charge in [0.25, 0.3) is 5.91 Å². The molecule has 1 aliphatic heterocycles. The number of nitrogens with zero attached hydrogens (tertiary/aromatic N) is 3. The lowest BCUT2D eigenvalue weighted by Gasteiger charge is -2.34. The van der Waals surface area contributed by atoms with Crippen LogP contribution < -0.4 is 5.32 Å². The predicted octanol–water partition coefficient (Wildman–Crippen LogP) is 0.263. The van der Waals surface area contributed by atoms with Gasteiger partial charge in [-0.05, 0) is 13.0 Å². The second-order valence-electron chi connectivity index (χ2n) is 4.81. The summed E-state index contributed by atoms with van der Waals surface area (Å²) in [5.41, 5.74) is 1.47. The zero-order valence-corrected chi connectivity index (χ0v) is 11.9. The van der Waals surface area contributed by atoms with E-state index in [0.717, 1.165) is 25.3 Å². The smallest absolute Gasteiger partial charge is 0.256 e. The van der Waals surface area contributed by atoms with Gasteiger partial charge in [0.05, 0.1) is 24.1 Å². The third-order valence-electron chi connectivity index (χ3n) is 3.49. The van der Waals surface area contributed by atoms with Gasteiger partial charge in [-0.1, -0.05) is 0 Å². The van der Waals surface area contributed by atoms with Crippen LogP contribution in [-0.4, -0.2) is 71.7 Å². The van der Waals surface area contributed by atoms with Gasteiger partial charge in [0, 0.05) is 45.5 Å². The number of β-amino-alcohol motifs (C(OH)–C–C–N with tert-alkyl or cyclic N) is 1. The minimum absolute atomic E-state index is 0.0481. The van der Waals surface area contributed by atoms with Crippen molar-refractivity contribution in [2.75, 3.05) is 51.2 Å². The molecule has 0 atom stereocenters. The Balaban J connectivity index is 2.02. The summed E-state index contributed by atoms with van der Waals surface area (Å²) < 4.78 is 0. The van der Waals surface area contributed by atoms with E-state index in [9.17, 15) is 4.79 Å². The summed E-state index contributed by atoms with van der Waals surface area (Å²) in [7, 11) is 0. The first kappa shape index (κ1) is 14.7. The Labute approximate surface area is 119 Å².